The molecule has 0 unspecified atom stereocenters. The SMILES string of the molecule is O=C(c1cnc2ccccc2n1)N(CCc1cccs1)Cc1ccco1. The first kappa shape index (κ1) is 16.5. The highest BCUT2D eigenvalue weighted by Crippen LogP contribution is 2.15. The lowest BCUT2D eigenvalue weighted by Crippen LogP contribution is -2.33. The first-order chi connectivity index (χ1) is 12.8. The molecule has 0 aliphatic rings. The first-order valence-electron chi connectivity index (χ1n) is 8.35. The van der Waals surface area contributed by atoms with E-state index < -0.39 is 0 Å². The Hall–Kier alpha value is -2.99. The molecule has 0 bridgehead atoms. The van der Waals surface area contributed by atoms with Gasteiger partial charge in [-0.05, 0) is 42.1 Å². The van der Waals surface area contributed by atoms with Gasteiger partial charge in [-0.3, -0.25) is 9.78 Å². The van der Waals surface area contributed by atoms with Gasteiger partial charge in [0.2, 0.25) is 0 Å². The number of para-hydroxylation sites is 2. The van der Waals surface area contributed by atoms with Gasteiger partial charge in [0.05, 0.1) is 30.0 Å². The van der Waals surface area contributed by atoms with Crippen LogP contribution in [0.3, 0.4) is 0 Å². The Morgan fingerprint density at radius 3 is 2.73 bits per heavy atom. The zero-order chi connectivity index (χ0) is 17.8. The number of amides is 1. The number of furan rings is 1. The van der Waals surface area contributed by atoms with E-state index in [1.807, 2.05) is 47.8 Å². The first-order valence-corrected chi connectivity index (χ1v) is 9.23. The van der Waals surface area contributed by atoms with Crippen molar-refractivity contribution < 1.29 is 9.21 Å². The van der Waals surface area contributed by atoms with E-state index in [-0.39, 0.29) is 5.91 Å². The van der Waals surface area contributed by atoms with Crippen LogP contribution in [-0.2, 0) is 13.0 Å². The highest BCUT2D eigenvalue weighted by Gasteiger charge is 2.19. The Morgan fingerprint density at radius 1 is 1.08 bits per heavy atom. The van der Waals surface area contributed by atoms with E-state index in [2.05, 4.69) is 16.0 Å². The number of hydrogen-bond acceptors (Lipinski definition) is 5. The average molecular weight is 363 g/mol. The van der Waals surface area contributed by atoms with Crippen LogP contribution < -0.4 is 0 Å². The van der Waals surface area contributed by atoms with Crippen LogP contribution >= 0.6 is 11.3 Å². The van der Waals surface area contributed by atoms with Crippen molar-refractivity contribution in [3.63, 3.8) is 0 Å². The molecule has 6 heteroatoms. The maximum absolute atomic E-state index is 13.1. The molecule has 26 heavy (non-hydrogen) atoms. The molecular formula is C20H17N3O2S. The number of benzene rings is 1. The predicted molar refractivity (Wildman–Crippen MR) is 101 cm³/mol. The molecule has 0 aliphatic heterocycles. The minimum absolute atomic E-state index is 0.142. The van der Waals surface area contributed by atoms with Crippen LogP contribution in [-0.4, -0.2) is 27.3 Å². The Kier molecular flexibility index (Phi) is 4.75. The van der Waals surface area contributed by atoms with Crippen molar-refractivity contribution in [2.45, 2.75) is 13.0 Å². The summed E-state index contributed by atoms with van der Waals surface area (Å²) in [4.78, 5) is 24.9. The summed E-state index contributed by atoms with van der Waals surface area (Å²) in [5.74, 6) is 0.606. The van der Waals surface area contributed by atoms with Gasteiger partial charge in [-0.2, -0.15) is 0 Å². The largest absolute Gasteiger partial charge is 0.467 e. The fourth-order valence-electron chi connectivity index (χ4n) is 2.77. The molecule has 1 amide bonds. The van der Waals surface area contributed by atoms with Gasteiger partial charge in [0.15, 0.2) is 0 Å². The van der Waals surface area contributed by atoms with Crippen LogP contribution in [0.4, 0.5) is 0 Å². The van der Waals surface area contributed by atoms with Crippen LogP contribution in [0.5, 0.6) is 0 Å². The third-order valence-corrected chi connectivity index (χ3v) is 5.03. The molecule has 0 saturated heterocycles. The van der Waals surface area contributed by atoms with E-state index >= 15 is 0 Å². The molecule has 4 aromatic rings. The summed E-state index contributed by atoms with van der Waals surface area (Å²) in [6, 6.07) is 15.3. The monoisotopic (exact) mass is 363 g/mol. The Morgan fingerprint density at radius 2 is 1.96 bits per heavy atom. The molecule has 130 valence electrons. The molecule has 0 saturated carbocycles. The second-order valence-corrected chi connectivity index (χ2v) is 6.91. The maximum atomic E-state index is 13.1. The number of rotatable bonds is 6. The molecular weight excluding hydrogens is 346 g/mol. The number of aromatic nitrogens is 2. The topological polar surface area (TPSA) is 59.2 Å². The second-order valence-electron chi connectivity index (χ2n) is 5.88. The van der Waals surface area contributed by atoms with E-state index in [9.17, 15) is 4.79 Å². The average Bonchev–Trinajstić information content (AvgIpc) is 3.38. The molecule has 3 aromatic heterocycles. The number of nitrogens with zero attached hydrogens (tertiary/aromatic N) is 3. The van der Waals surface area contributed by atoms with Gasteiger partial charge in [-0.25, -0.2) is 4.98 Å². The molecule has 5 nitrogen and oxygen atoms in total. The van der Waals surface area contributed by atoms with Crippen LogP contribution in [0.15, 0.2) is 70.8 Å². The van der Waals surface area contributed by atoms with Crippen molar-refractivity contribution in [3.05, 3.63) is 82.7 Å². The lowest BCUT2D eigenvalue weighted by Gasteiger charge is -2.21. The Balaban J connectivity index is 1.58. The van der Waals surface area contributed by atoms with Crippen molar-refractivity contribution in [2.24, 2.45) is 0 Å². The molecule has 0 aliphatic carbocycles. The van der Waals surface area contributed by atoms with Gasteiger partial charge in [-0.1, -0.05) is 18.2 Å². The molecule has 0 spiro atoms. The third kappa shape index (κ3) is 3.65. The van der Waals surface area contributed by atoms with Gasteiger partial charge in [-0.15, -0.1) is 11.3 Å². The van der Waals surface area contributed by atoms with Crippen LogP contribution in [0.25, 0.3) is 11.0 Å². The summed E-state index contributed by atoms with van der Waals surface area (Å²) in [6.45, 7) is 1.00. The van der Waals surface area contributed by atoms with E-state index in [1.54, 1.807) is 28.7 Å². The highest BCUT2D eigenvalue weighted by atomic mass is 32.1. The summed E-state index contributed by atoms with van der Waals surface area (Å²) in [6.07, 6.45) is 3.96. The number of carbonyl (C=O) groups excluding carboxylic acids is 1. The molecule has 0 N–H and O–H groups in total. The van der Waals surface area contributed by atoms with Crippen molar-refractivity contribution in [3.8, 4) is 0 Å². The molecule has 0 radical (unpaired) electrons. The molecule has 0 atom stereocenters. The molecule has 1 aromatic carbocycles. The fourth-order valence-corrected chi connectivity index (χ4v) is 3.46. The summed E-state index contributed by atoms with van der Waals surface area (Å²) < 4.78 is 5.43. The Labute approximate surface area is 154 Å². The van der Waals surface area contributed by atoms with Crippen LogP contribution in [0.1, 0.15) is 21.1 Å². The quantitative estimate of drug-likeness (QED) is 0.516. The zero-order valence-corrected chi connectivity index (χ0v) is 14.9. The third-order valence-electron chi connectivity index (χ3n) is 4.09. The highest BCUT2D eigenvalue weighted by molar-refractivity contribution is 7.09. The molecule has 4 rings (SSSR count). The minimum atomic E-state index is -0.142. The fraction of sp³-hybridized carbons (Fsp3) is 0.150. The number of fused-ring (bicyclic) bond motifs is 1. The molecule has 0 fully saturated rings. The van der Waals surface area contributed by atoms with Gasteiger partial charge >= 0.3 is 0 Å². The summed E-state index contributed by atoms with van der Waals surface area (Å²) >= 11 is 1.69. The van der Waals surface area contributed by atoms with E-state index in [0.29, 0.717) is 18.8 Å². The lowest BCUT2D eigenvalue weighted by molar-refractivity contribution is 0.0728. The lowest BCUT2D eigenvalue weighted by atomic mass is 10.2. The van der Waals surface area contributed by atoms with Crippen molar-refractivity contribution >= 4 is 28.3 Å². The van der Waals surface area contributed by atoms with Crippen molar-refractivity contribution in [1.82, 2.24) is 14.9 Å². The van der Waals surface area contributed by atoms with E-state index in [4.69, 9.17) is 4.42 Å². The van der Waals surface area contributed by atoms with Crippen molar-refractivity contribution in [2.75, 3.05) is 6.54 Å². The molecule has 3 heterocycles. The number of carbonyl (C=O) groups is 1. The summed E-state index contributed by atoms with van der Waals surface area (Å²) in [5.41, 5.74) is 1.84. The predicted octanol–water partition coefficient (Wildman–Crippen LogP) is 4.17. The van der Waals surface area contributed by atoms with Gasteiger partial charge < -0.3 is 9.32 Å². The van der Waals surface area contributed by atoms with Crippen LogP contribution in [0.2, 0.25) is 0 Å². The van der Waals surface area contributed by atoms with E-state index in [1.165, 1.54) is 4.88 Å². The summed E-state index contributed by atoms with van der Waals surface area (Å²) in [7, 11) is 0. The van der Waals surface area contributed by atoms with Crippen molar-refractivity contribution in [1.29, 1.82) is 0 Å². The van der Waals surface area contributed by atoms with Gasteiger partial charge in [0.25, 0.3) is 5.91 Å². The van der Waals surface area contributed by atoms with E-state index in [0.717, 1.165) is 23.2 Å². The zero-order valence-electron chi connectivity index (χ0n) is 14.0. The smallest absolute Gasteiger partial charge is 0.274 e. The Bertz CT molecular complexity index is 997. The normalized spacial score (nSPS) is 10.9. The summed E-state index contributed by atoms with van der Waals surface area (Å²) in [5, 5.41) is 2.04. The van der Waals surface area contributed by atoms with Gasteiger partial charge in [0, 0.05) is 11.4 Å². The minimum Gasteiger partial charge on any atom is -0.467 e. The second kappa shape index (κ2) is 7.49. The standard InChI is InChI=1S/C20H17N3O2S/c24-20(19-13-21-17-7-1-2-8-18(17)22-19)23(14-15-5-3-11-25-15)10-9-16-6-4-12-26-16/h1-8,11-13H,9-10,14H2. The maximum Gasteiger partial charge on any atom is 0.274 e. The van der Waals surface area contributed by atoms with Crippen LogP contribution in [0, 0.1) is 0 Å². The number of thiophene rings is 1. The number of hydrogen-bond donors (Lipinski definition) is 0. The van der Waals surface area contributed by atoms with Gasteiger partial charge in [0.1, 0.15) is 11.5 Å².